The number of aromatic nitrogens is 2. The Kier molecular flexibility index (Phi) is 8.94. The summed E-state index contributed by atoms with van der Waals surface area (Å²) in [6, 6.07) is 18.4. The van der Waals surface area contributed by atoms with Crippen LogP contribution >= 0.6 is 0 Å². The number of hydrogen-bond acceptors (Lipinski definition) is 2. The summed E-state index contributed by atoms with van der Waals surface area (Å²) < 4.78 is 172. The number of rotatable bonds is 4. The Morgan fingerprint density at radius 2 is 0.982 bits per heavy atom. The molecule has 0 saturated heterocycles. The molecule has 284 valence electrons. The van der Waals surface area contributed by atoms with E-state index in [9.17, 15) is 57.9 Å². The van der Waals surface area contributed by atoms with E-state index in [0.717, 1.165) is 0 Å². The standard InChI is InChI=1S/C41H21F12N3/c1-21-16-23(20-54)32(22-12-14-55-15-13-22)19-35(21)56-36-28(26-10-8-24(38(42,43)44)17-33(26)40(48,49)50)4-2-6-30(36)31-7-3-5-29(37(31)56)27-11-9-25(39(45,46)47)18-34(27)41(51,52)53/h2-19H,1H3. The van der Waals surface area contributed by atoms with Crippen LogP contribution in [-0.4, -0.2) is 9.55 Å². The summed E-state index contributed by atoms with van der Waals surface area (Å²) in [6.07, 6.45) is -18.1. The number of benzene rings is 5. The zero-order valence-electron chi connectivity index (χ0n) is 28.3. The summed E-state index contributed by atoms with van der Waals surface area (Å²) in [7, 11) is 0. The molecule has 3 nitrogen and oxygen atoms in total. The molecule has 0 atom stereocenters. The highest BCUT2D eigenvalue weighted by atomic mass is 19.4. The number of nitriles is 1. The van der Waals surface area contributed by atoms with Crippen molar-refractivity contribution in [2.45, 2.75) is 31.6 Å². The van der Waals surface area contributed by atoms with Gasteiger partial charge in [0.2, 0.25) is 0 Å². The normalized spacial score (nSPS) is 12.7. The lowest BCUT2D eigenvalue weighted by molar-refractivity contribution is -0.144. The summed E-state index contributed by atoms with van der Waals surface area (Å²) >= 11 is 0. The molecule has 15 heteroatoms. The van der Waals surface area contributed by atoms with Crippen LogP contribution < -0.4 is 0 Å². The van der Waals surface area contributed by atoms with Gasteiger partial charge in [0.1, 0.15) is 0 Å². The smallest absolute Gasteiger partial charge is 0.308 e. The SMILES string of the molecule is Cc1cc(C#N)c(-c2ccncc2)cc1-n1c2c(-c3ccc(C(F)(F)F)cc3C(F)(F)F)cccc2c2cccc(-c3ccc(C(F)(F)F)cc3C(F)(F)F)c21. The minimum Gasteiger partial charge on any atom is -0.308 e. The van der Waals surface area contributed by atoms with E-state index >= 15 is 0 Å². The molecule has 2 heterocycles. The lowest BCUT2D eigenvalue weighted by Crippen LogP contribution is -2.12. The van der Waals surface area contributed by atoms with Gasteiger partial charge in [0.15, 0.2) is 0 Å². The maximum Gasteiger partial charge on any atom is 0.417 e. The van der Waals surface area contributed by atoms with Gasteiger partial charge >= 0.3 is 24.7 Å². The molecule has 0 spiro atoms. The number of hydrogen-bond donors (Lipinski definition) is 0. The quantitative estimate of drug-likeness (QED) is 0.167. The second-order valence-corrected chi connectivity index (χ2v) is 12.8. The number of para-hydroxylation sites is 2. The largest absolute Gasteiger partial charge is 0.417 e. The van der Waals surface area contributed by atoms with Crippen molar-refractivity contribution in [1.82, 2.24) is 9.55 Å². The molecule has 0 fully saturated rings. The first-order chi connectivity index (χ1) is 26.2. The van der Waals surface area contributed by atoms with E-state index in [4.69, 9.17) is 0 Å². The predicted octanol–water partition coefficient (Wildman–Crippen LogP) is 13.4. The number of halogens is 12. The highest BCUT2D eigenvalue weighted by molar-refractivity contribution is 6.17. The molecule has 0 radical (unpaired) electrons. The first-order valence-corrected chi connectivity index (χ1v) is 16.3. The van der Waals surface area contributed by atoms with E-state index in [-0.39, 0.29) is 61.9 Å². The molecule has 7 aromatic rings. The fraction of sp³-hybridized carbons (Fsp3) is 0.122. The van der Waals surface area contributed by atoms with Crippen LogP contribution in [0.5, 0.6) is 0 Å². The Morgan fingerprint density at radius 1 is 0.518 bits per heavy atom. The summed E-state index contributed by atoms with van der Waals surface area (Å²) in [5.74, 6) is 0. The highest BCUT2D eigenvalue weighted by Gasteiger charge is 2.41. The first kappa shape index (κ1) is 38.0. The summed E-state index contributed by atoms with van der Waals surface area (Å²) in [4.78, 5) is 3.97. The average molecular weight is 784 g/mol. The van der Waals surface area contributed by atoms with Crippen LogP contribution in [0.2, 0.25) is 0 Å². The van der Waals surface area contributed by atoms with Gasteiger partial charge in [-0.3, -0.25) is 4.98 Å². The number of alkyl halides is 12. The molecule has 0 bridgehead atoms. The molecule has 0 amide bonds. The van der Waals surface area contributed by atoms with Crippen molar-refractivity contribution in [3.8, 4) is 45.1 Å². The van der Waals surface area contributed by atoms with Crippen molar-refractivity contribution in [2.75, 3.05) is 0 Å². The van der Waals surface area contributed by atoms with E-state index in [1.54, 1.807) is 12.1 Å². The van der Waals surface area contributed by atoms with Gasteiger partial charge in [0.05, 0.1) is 44.9 Å². The van der Waals surface area contributed by atoms with Gasteiger partial charge in [-0.1, -0.05) is 48.5 Å². The van der Waals surface area contributed by atoms with Gasteiger partial charge in [0, 0.05) is 45.5 Å². The molecule has 56 heavy (non-hydrogen) atoms. The Labute approximate surface area is 308 Å². The Hall–Kier alpha value is -6.30. The van der Waals surface area contributed by atoms with E-state index in [0.29, 0.717) is 35.4 Å². The van der Waals surface area contributed by atoms with Crippen molar-refractivity contribution < 1.29 is 52.7 Å². The minimum absolute atomic E-state index is 0.0289. The maximum absolute atomic E-state index is 14.7. The van der Waals surface area contributed by atoms with Crippen molar-refractivity contribution >= 4 is 21.8 Å². The molecular weight excluding hydrogens is 762 g/mol. The van der Waals surface area contributed by atoms with Gasteiger partial charge in [-0.25, -0.2) is 0 Å². The number of fused-ring (bicyclic) bond motifs is 3. The van der Waals surface area contributed by atoms with Gasteiger partial charge in [-0.2, -0.15) is 57.9 Å². The monoisotopic (exact) mass is 783 g/mol. The summed E-state index contributed by atoms with van der Waals surface area (Å²) in [6.45, 7) is 1.54. The van der Waals surface area contributed by atoms with Crippen molar-refractivity contribution in [1.29, 1.82) is 5.26 Å². The molecule has 2 aromatic heterocycles. The molecule has 0 aliphatic heterocycles. The molecule has 5 aromatic carbocycles. The van der Waals surface area contributed by atoms with Crippen LogP contribution in [0, 0.1) is 18.3 Å². The van der Waals surface area contributed by atoms with E-state index in [1.165, 1.54) is 72.4 Å². The van der Waals surface area contributed by atoms with E-state index in [2.05, 4.69) is 11.1 Å². The third-order valence-electron chi connectivity index (χ3n) is 9.38. The van der Waals surface area contributed by atoms with Crippen LogP contribution in [0.3, 0.4) is 0 Å². The van der Waals surface area contributed by atoms with Crippen LogP contribution in [0.1, 0.15) is 33.4 Å². The maximum atomic E-state index is 14.7. The van der Waals surface area contributed by atoms with Crippen molar-refractivity contribution in [3.63, 3.8) is 0 Å². The lowest BCUT2D eigenvalue weighted by Gasteiger charge is -2.21. The molecule has 0 saturated carbocycles. The Bertz CT molecular complexity index is 2580. The minimum atomic E-state index is -5.32. The second kappa shape index (κ2) is 13.2. The van der Waals surface area contributed by atoms with Crippen LogP contribution in [-0.2, 0) is 24.7 Å². The third kappa shape index (κ3) is 6.58. The van der Waals surface area contributed by atoms with Crippen LogP contribution in [0.4, 0.5) is 52.7 Å². The number of aryl methyl sites for hydroxylation is 1. The van der Waals surface area contributed by atoms with Gasteiger partial charge in [0.25, 0.3) is 0 Å². The summed E-state index contributed by atoms with van der Waals surface area (Å²) in [5, 5.41) is 10.4. The molecule has 0 unspecified atom stereocenters. The highest BCUT2D eigenvalue weighted by Crippen LogP contribution is 2.49. The third-order valence-corrected chi connectivity index (χ3v) is 9.38. The van der Waals surface area contributed by atoms with Gasteiger partial charge < -0.3 is 4.57 Å². The predicted molar refractivity (Wildman–Crippen MR) is 184 cm³/mol. The van der Waals surface area contributed by atoms with Crippen molar-refractivity contribution in [2.24, 2.45) is 0 Å². The number of nitrogens with zero attached hydrogens (tertiary/aromatic N) is 3. The van der Waals surface area contributed by atoms with Gasteiger partial charge in [-0.15, -0.1) is 0 Å². The molecule has 7 rings (SSSR count). The van der Waals surface area contributed by atoms with Crippen molar-refractivity contribution in [3.05, 3.63) is 143 Å². The average Bonchev–Trinajstić information content (AvgIpc) is 3.48. The zero-order valence-corrected chi connectivity index (χ0v) is 28.3. The Balaban J connectivity index is 1.70. The first-order valence-electron chi connectivity index (χ1n) is 16.3. The molecule has 0 aliphatic rings. The molecular formula is C41H21F12N3. The van der Waals surface area contributed by atoms with Gasteiger partial charge in [-0.05, 0) is 77.7 Å². The fourth-order valence-electron chi connectivity index (χ4n) is 6.97. The number of pyridine rings is 1. The second-order valence-electron chi connectivity index (χ2n) is 12.8. The fourth-order valence-corrected chi connectivity index (χ4v) is 6.97. The van der Waals surface area contributed by atoms with Crippen LogP contribution in [0.25, 0.3) is 60.9 Å². The summed E-state index contributed by atoms with van der Waals surface area (Å²) in [5.41, 5.74) is -7.16. The molecule has 0 N–H and O–H groups in total. The van der Waals surface area contributed by atoms with E-state index in [1.807, 2.05) is 0 Å². The molecule has 0 aliphatic carbocycles. The van der Waals surface area contributed by atoms with E-state index < -0.39 is 58.1 Å². The Morgan fingerprint density at radius 3 is 1.39 bits per heavy atom. The lowest BCUT2D eigenvalue weighted by atomic mass is 9.94. The topological polar surface area (TPSA) is 41.6 Å². The van der Waals surface area contributed by atoms with Crippen LogP contribution in [0.15, 0.2) is 109 Å². The zero-order chi connectivity index (χ0) is 40.5.